The Balaban J connectivity index is 2.08. The lowest BCUT2D eigenvalue weighted by molar-refractivity contribution is -0.144. The van der Waals surface area contributed by atoms with Crippen LogP contribution in [0.25, 0.3) is 0 Å². The van der Waals surface area contributed by atoms with E-state index < -0.39 is 0 Å². The van der Waals surface area contributed by atoms with Crippen molar-refractivity contribution in [3.8, 4) is 11.5 Å². The van der Waals surface area contributed by atoms with Crippen LogP contribution in [0.3, 0.4) is 0 Å². The van der Waals surface area contributed by atoms with Gasteiger partial charge in [-0.25, -0.2) is 0 Å². The van der Waals surface area contributed by atoms with E-state index >= 15 is 0 Å². The third-order valence-corrected chi connectivity index (χ3v) is 3.91. The van der Waals surface area contributed by atoms with E-state index in [2.05, 4.69) is 21.2 Å². The number of benzene rings is 1. The van der Waals surface area contributed by atoms with Crippen LogP contribution in [0, 0.1) is 5.92 Å². The number of methoxy groups -OCH3 is 1. The van der Waals surface area contributed by atoms with Crippen LogP contribution in [0.4, 0.5) is 0 Å². The maximum atomic E-state index is 11.7. The van der Waals surface area contributed by atoms with Gasteiger partial charge in [-0.2, -0.15) is 0 Å². The second kappa shape index (κ2) is 6.45. The third kappa shape index (κ3) is 3.24. The number of fused-ring (bicyclic) bond motifs is 1. The standard InChI is InChI=1S/C14H18BrNO4/c1-8(2)13(14(17)18-3)16-6-9-4-11-12(5-10(9)15)20-7-19-11/h4-5,8,13,16H,6-7H2,1-3H3/t13-/m0/s1. The highest BCUT2D eigenvalue weighted by Gasteiger charge is 2.23. The first kappa shape index (κ1) is 15.1. The van der Waals surface area contributed by atoms with Gasteiger partial charge in [0, 0.05) is 11.0 Å². The molecule has 1 aliphatic heterocycles. The summed E-state index contributed by atoms with van der Waals surface area (Å²) in [5.41, 5.74) is 1.00. The van der Waals surface area contributed by atoms with Crippen LogP contribution in [-0.4, -0.2) is 25.9 Å². The maximum absolute atomic E-state index is 11.7. The zero-order valence-electron chi connectivity index (χ0n) is 11.7. The molecule has 1 heterocycles. The van der Waals surface area contributed by atoms with Crippen LogP contribution in [0.1, 0.15) is 19.4 Å². The number of ether oxygens (including phenoxy) is 3. The van der Waals surface area contributed by atoms with Crippen molar-refractivity contribution in [1.82, 2.24) is 5.32 Å². The summed E-state index contributed by atoms with van der Waals surface area (Å²) < 4.78 is 16.4. The lowest BCUT2D eigenvalue weighted by Gasteiger charge is -2.20. The summed E-state index contributed by atoms with van der Waals surface area (Å²) in [6.45, 7) is 4.73. The van der Waals surface area contributed by atoms with Gasteiger partial charge in [-0.1, -0.05) is 29.8 Å². The average molecular weight is 344 g/mol. The molecular formula is C14H18BrNO4. The van der Waals surface area contributed by atoms with Gasteiger partial charge in [0.25, 0.3) is 0 Å². The van der Waals surface area contributed by atoms with Gasteiger partial charge in [-0.05, 0) is 23.6 Å². The molecule has 0 amide bonds. The monoisotopic (exact) mass is 343 g/mol. The molecule has 1 aromatic carbocycles. The smallest absolute Gasteiger partial charge is 0.323 e. The number of carbonyl (C=O) groups excluding carboxylic acids is 1. The van der Waals surface area contributed by atoms with Crippen LogP contribution in [-0.2, 0) is 16.1 Å². The Hall–Kier alpha value is -1.27. The molecule has 2 rings (SSSR count). The van der Waals surface area contributed by atoms with Crippen LogP contribution in [0.15, 0.2) is 16.6 Å². The Kier molecular flexibility index (Phi) is 4.88. The molecule has 1 atom stereocenters. The highest BCUT2D eigenvalue weighted by molar-refractivity contribution is 9.10. The fraction of sp³-hybridized carbons (Fsp3) is 0.500. The third-order valence-electron chi connectivity index (χ3n) is 3.18. The van der Waals surface area contributed by atoms with Crippen LogP contribution < -0.4 is 14.8 Å². The first-order chi connectivity index (χ1) is 9.52. The summed E-state index contributed by atoms with van der Waals surface area (Å²) in [7, 11) is 1.40. The van der Waals surface area contributed by atoms with Gasteiger partial charge >= 0.3 is 5.97 Å². The molecule has 0 bridgehead atoms. The Bertz CT molecular complexity index is 504. The molecule has 1 aliphatic rings. The van der Waals surface area contributed by atoms with E-state index in [1.54, 1.807) is 0 Å². The molecule has 6 heteroatoms. The number of esters is 1. The fourth-order valence-corrected chi connectivity index (χ4v) is 2.50. The number of hydrogen-bond donors (Lipinski definition) is 1. The fourth-order valence-electron chi connectivity index (χ4n) is 2.03. The van der Waals surface area contributed by atoms with Crippen LogP contribution in [0.5, 0.6) is 11.5 Å². The molecule has 5 nitrogen and oxygen atoms in total. The molecule has 0 radical (unpaired) electrons. The minimum Gasteiger partial charge on any atom is -0.468 e. The van der Waals surface area contributed by atoms with E-state index in [-0.39, 0.29) is 24.7 Å². The first-order valence-electron chi connectivity index (χ1n) is 6.42. The Morgan fingerprint density at radius 1 is 1.40 bits per heavy atom. The van der Waals surface area contributed by atoms with E-state index in [9.17, 15) is 4.79 Å². The highest BCUT2D eigenvalue weighted by Crippen LogP contribution is 2.36. The van der Waals surface area contributed by atoms with Gasteiger partial charge in [-0.3, -0.25) is 4.79 Å². The Morgan fingerprint density at radius 2 is 2.05 bits per heavy atom. The molecule has 20 heavy (non-hydrogen) atoms. The minimum atomic E-state index is -0.336. The van der Waals surface area contributed by atoms with Crippen molar-refractivity contribution in [3.63, 3.8) is 0 Å². The molecule has 110 valence electrons. The second-order valence-electron chi connectivity index (χ2n) is 4.92. The molecule has 1 N–H and O–H groups in total. The zero-order valence-corrected chi connectivity index (χ0v) is 13.3. The number of rotatable bonds is 5. The topological polar surface area (TPSA) is 56.8 Å². The molecule has 0 fully saturated rings. The van der Waals surface area contributed by atoms with Gasteiger partial charge in [0.05, 0.1) is 7.11 Å². The lowest BCUT2D eigenvalue weighted by atomic mass is 10.0. The normalized spacial score (nSPS) is 14.4. The Morgan fingerprint density at radius 3 is 2.65 bits per heavy atom. The SMILES string of the molecule is COC(=O)[C@@H](NCc1cc2c(cc1Br)OCO2)C(C)C. The quantitative estimate of drug-likeness (QED) is 0.832. The largest absolute Gasteiger partial charge is 0.468 e. The molecule has 1 aromatic rings. The van der Waals surface area contributed by atoms with Crippen molar-refractivity contribution in [3.05, 3.63) is 22.2 Å². The van der Waals surface area contributed by atoms with Gasteiger partial charge in [0.15, 0.2) is 11.5 Å². The second-order valence-corrected chi connectivity index (χ2v) is 5.78. The van der Waals surface area contributed by atoms with Crippen molar-refractivity contribution >= 4 is 21.9 Å². The van der Waals surface area contributed by atoms with Crippen LogP contribution in [0.2, 0.25) is 0 Å². The summed E-state index contributed by atoms with van der Waals surface area (Å²) in [5, 5.41) is 3.22. The summed E-state index contributed by atoms with van der Waals surface area (Å²) in [6, 6.07) is 3.45. The predicted molar refractivity (Wildman–Crippen MR) is 77.7 cm³/mol. The van der Waals surface area contributed by atoms with Crippen molar-refractivity contribution in [1.29, 1.82) is 0 Å². The van der Waals surface area contributed by atoms with Gasteiger partial charge in [-0.15, -0.1) is 0 Å². The summed E-state index contributed by atoms with van der Waals surface area (Å²) >= 11 is 3.50. The van der Waals surface area contributed by atoms with Gasteiger partial charge in [0.2, 0.25) is 6.79 Å². The molecule has 0 saturated heterocycles. The minimum absolute atomic E-state index is 0.148. The van der Waals surface area contributed by atoms with Crippen molar-refractivity contribution in [2.75, 3.05) is 13.9 Å². The summed E-state index contributed by atoms with van der Waals surface area (Å²) in [6.07, 6.45) is 0. The van der Waals surface area contributed by atoms with Gasteiger partial charge in [0.1, 0.15) is 6.04 Å². The molecule has 0 spiro atoms. The van der Waals surface area contributed by atoms with E-state index in [1.807, 2.05) is 26.0 Å². The van der Waals surface area contributed by atoms with Crippen molar-refractivity contribution in [2.24, 2.45) is 5.92 Å². The van der Waals surface area contributed by atoms with Crippen LogP contribution >= 0.6 is 15.9 Å². The molecule has 0 aromatic heterocycles. The zero-order chi connectivity index (χ0) is 14.7. The molecule has 0 saturated carbocycles. The molecule has 0 unspecified atom stereocenters. The lowest BCUT2D eigenvalue weighted by Crippen LogP contribution is -2.41. The van der Waals surface area contributed by atoms with Crippen molar-refractivity contribution < 1.29 is 19.0 Å². The van der Waals surface area contributed by atoms with E-state index in [0.717, 1.165) is 21.5 Å². The number of carbonyl (C=O) groups is 1. The van der Waals surface area contributed by atoms with E-state index in [0.29, 0.717) is 6.54 Å². The van der Waals surface area contributed by atoms with Gasteiger partial charge < -0.3 is 19.5 Å². The van der Waals surface area contributed by atoms with E-state index in [1.165, 1.54) is 7.11 Å². The number of hydrogen-bond acceptors (Lipinski definition) is 5. The predicted octanol–water partition coefficient (Wildman–Crippen LogP) is 2.46. The average Bonchev–Trinajstić information content (AvgIpc) is 2.85. The molecule has 0 aliphatic carbocycles. The van der Waals surface area contributed by atoms with Crippen molar-refractivity contribution in [2.45, 2.75) is 26.4 Å². The van der Waals surface area contributed by atoms with E-state index in [4.69, 9.17) is 14.2 Å². The number of nitrogens with one attached hydrogen (secondary N) is 1. The number of halogens is 1. The Labute approximate surface area is 126 Å². The summed E-state index contributed by atoms with van der Waals surface area (Å²) in [4.78, 5) is 11.7. The summed E-state index contributed by atoms with van der Waals surface area (Å²) in [5.74, 6) is 1.35. The maximum Gasteiger partial charge on any atom is 0.323 e. The highest BCUT2D eigenvalue weighted by atomic mass is 79.9. The first-order valence-corrected chi connectivity index (χ1v) is 7.21. The molecular weight excluding hydrogens is 326 g/mol.